The Balaban J connectivity index is 1.37. The molecule has 5 nitrogen and oxygen atoms in total. The van der Waals surface area contributed by atoms with Crippen LogP contribution in [0.3, 0.4) is 0 Å². The number of carbonyl (C=O) groups is 2. The van der Waals surface area contributed by atoms with E-state index in [0.717, 1.165) is 63.4 Å². The van der Waals surface area contributed by atoms with Crippen molar-refractivity contribution in [3.63, 3.8) is 0 Å². The van der Waals surface area contributed by atoms with Crippen LogP contribution in [0.4, 0.5) is 0 Å². The molecule has 1 aliphatic heterocycles. The van der Waals surface area contributed by atoms with Crippen molar-refractivity contribution in [1.29, 1.82) is 0 Å². The van der Waals surface area contributed by atoms with Crippen molar-refractivity contribution in [3.8, 4) is 0 Å². The normalized spacial score (nSPS) is 48.8. The first-order valence-corrected chi connectivity index (χ1v) is 13.3. The molecule has 5 aliphatic rings. The Bertz CT molecular complexity index is 813. The highest BCUT2D eigenvalue weighted by Crippen LogP contribution is 2.69. The summed E-state index contributed by atoms with van der Waals surface area (Å²) in [4.78, 5) is 23.6. The Kier molecular flexibility index (Phi) is 5.36. The fourth-order valence-electron chi connectivity index (χ4n) is 8.81. The highest BCUT2D eigenvalue weighted by molar-refractivity contribution is 9.09. The number of carbonyl (C=O) groups excluding carboxylic acids is 2. The van der Waals surface area contributed by atoms with Gasteiger partial charge in [0.1, 0.15) is 6.61 Å². The van der Waals surface area contributed by atoms with Gasteiger partial charge in [-0.2, -0.15) is 0 Å². The second-order valence-electron chi connectivity index (χ2n) is 11.5. The molecule has 4 fully saturated rings. The lowest BCUT2D eigenvalue weighted by atomic mass is 9.43. The molecule has 31 heavy (non-hydrogen) atoms. The molecule has 5 rings (SSSR count). The number of cyclic esters (lactones) is 1. The SMILES string of the molecule is C[C@]12CC[C@H](NC(=O)CBr)C[C@H]1CC[C@@H]1[C@@H]2CC[C@]2(C)[C@@H](C3=CC(=O)OC3)CC[C@]12O. The summed E-state index contributed by atoms with van der Waals surface area (Å²) in [6.45, 7) is 5.16. The Morgan fingerprint density at radius 1 is 1.16 bits per heavy atom. The Morgan fingerprint density at radius 3 is 2.68 bits per heavy atom. The maximum absolute atomic E-state index is 12.3. The Morgan fingerprint density at radius 2 is 1.97 bits per heavy atom. The molecule has 0 unspecified atom stereocenters. The first kappa shape index (κ1) is 21.9. The number of esters is 1. The van der Waals surface area contributed by atoms with Crippen LogP contribution < -0.4 is 5.32 Å². The van der Waals surface area contributed by atoms with Gasteiger partial charge in [-0.3, -0.25) is 4.79 Å². The largest absolute Gasteiger partial charge is 0.458 e. The lowest BCUT2D eigenvalue weighted by Gasteiger charge is -2.64. The molecule has 0 aromatic heterocycles. The number of aliphatic hydroxyl groups is 1. The lowest BCUT2D eigenvalue weighted by molar-refractivity contribution is -0.205. The summed E-state index contributed by atoms with van der Waals surface area (Å²) in [6, 6.07) is 0.291. The monoisotopic (exact) mass is 493 g/mol. The van der Waals surface area contributed by atoms with E-state index in [-0.39, 0.29) is 28.6 Å². The minimum atomic E-state index is -0.651. The van der Waals surface area contributed by atoms with Crippen molar-refractivity contribution in [1.82, 2.24) is 5.32 Å². The van der Waals surface area contributed by atoms with Crippen molar-refractivity contribution < 1.29 is 19.4 Å². The van der Waals surface area contributed by atoms with Gasteiger partial charge < -0.3 is 15.2 Å². The van der Waals surface area contributed by atoms with Crippen LogP contribution >= 0.6 is 15.9 Å². The average Bonchev–Trinajstić information content (AvgIpc) is 3.28. The molecule has 0 aromatic rings. The van der Waals surface area contributed by atoms with Crippen molar-refractivity contribution in [2.75, 3.05) is 11.9 Å². The van der Waals surface area contributed by atoms with E-state index >= 15 is 0 Å². The van der Waals surface area contributed by atoms with E-state index in [1.54, 1.807) is 6.08 Å². The number of rotatable bonds is 3. The molecule has 172 valence electrons. The lowest BCUT2D eigenvalue weighted by Crippen LogP contribution is -2.62. The summed E-state index contributed by atoms with van der Waals surface area (Å²) in [5.74, 6) is 1.63. The number of hydrogen-bond donors (Lipinski definition) is 2. The number of nitrogens with one attached hydrogen (secondary N) is 1. The number of amides is 1. The average molecular weight is 494 g/mol. The van der Waals surface area contributed by atoms with Crippen LogP contribution in [0, 0.1) is 34.5 Å². The molecule has 0 spiro atoms. The van der Waals surface area contributed by atoms with Crippen LogP contribution in [0.15, 0.2) is 11.6 Å². The van der Waals surface area contributed by atoms with E-state index in [1.165, 1.54) is 0 Å². The van der Waals surface area contributed by atoms with Gasteiger partial charge in [0.2, 0.25) is 5.91 Å². The van der Waals surface area contributed by atoms with Crippen LogP contribution in [-0.4, -0.2) is 40.6 Å². The minimum Gasteiger partial charge on any atom is -0.458 e. The molecule has 1 amide bonds. The number of ether oxygens (including phenoxy) is 1. The smallest absolute Gasteiger partial charge is 0.331 e. The number of halogens is 1. The zero-order chi connectivity index (χ0) is 22.0. The maximum Gasteiger partial charge on any atom is 0.331 e. The standard InChI is InChI=1S/C25H36BrNO4/c1-23-8-5-17(27-21(28)13-26)12-16(23)3-4-20-19(23)6-9-24(2)18(7-10-25(20,24)30)15-11-22(29)31-14-15/h11,16-20,30H,3-10,12-14H2,1-2H3,(H,27,28)/t16-,17+,18-,19+,20-,23+,24-,25+/m1/s1. The summed E-state index contributed by atoms with van der Waals surface area (Å²) < 4.78 is 5.23. The predicted octanol–water partition coefficient (Wildman–Crippen LogP) is 4.12. The zero-order valence-corrected chi connectivity index (χ0v) is 20.4. The molecule has 8 atom stereocenters. The maximum atomic E-state index is 12.3. The van der Waals surface area contributed by atoms with Crippen molar-refractivity contribution in [3.05, 3.63) is 11.6 Å². The van der Waals surface area contributed by atoms with Crippen LogP contribution in [0.2, 0.25) is 0 Å². The van der Waals surface area contributed by atoms with Crippen LogP contribution in [-0.2, 0) is 14.3 Å². The third kappa shape index (κ3) is 3.18. The summed E-state index contributed by atoms with van der Waals surface area (Å²) in [5.41, 5.74) is 0.532. The molecule has 0 aromatic carbocycles. The molecule has 4 saturated carbocycles. The van der Waals surface area contributed by atoms with E-state index in [1.807, 2.05) is 0 Å². The van der Waals surface area contributed by atoms with Gasteiger partial charge in [-0.05, 0) is 92.4 Å². The second-order valence-corrected chi connectivity index (χ2v) is 12.0. The van der Waals surface area contributed by atoms with E-state index in [2.05, 4.69) is 35.1 Å². The van der Waals surface area contributed by atoms with Gasteiger partial charge in [-0.1, -0.05) is 29.8 Å². The van der Waals surface area contributed by atoms with Gasteiger partial charge in [0, 0.05) is 17.5 Å². The van der Waals surface area contributed by atoms with E-state index < -0.39 is 5.60 Å². The minimum absolute atomic E-state index is 0.0886. The predicted molar refractivity (Wildman–Crippen MR) is 121 cm³/mol. The van der Waals surface area contributed by atoms with Crippen molar-refractivity contribution in [2.45, 2.75) is 83.3 Å². The van der Waals surface area contributed by atoms with Crippen molar-refractivity contribution in [2.24, 2.45) is 34.5 Å². The third-order valence-electron chi connectivity index (χ3n) is 10.5. The van der Waals surface area contributed by atoms with Crippen molar-refractivity contribution >= 4 is 27.8 Å². The van der Waals surface area contributed by atoms with Crippen LogP contribution in [0.25, 0.3) is 0 Å². The van der Waals surface area contributed by atoms with E-state index in [4.69, 9.17) is 4.74 Å². The van der Waals surface area contributed by atoms with Gasteiger partial charge in [0.25, 0.3) is 0 Å². The number of fused-ring (bicyclic) bond motifs is 5. The van der Waals surface area contributed by atoms with Gasteiger partial charge in [0.05, 0.1) is 10.9 Å². The summed E-state index contributed by atoms with van der Waals surface area (Å²) >= 11 is 3.27. The molecule has 4 aliphatic carbocycles. The molecular formula is C25H36BrNO4. The van der Waals surface area contributed by atoms with E-state index in [9.17, 15) is 14.7 Å². The highest BCUT2D eigenvalue weighted by Gasteiger charge is 2.67. The Labute approximate surface area is 193 Å². The fourth-order valence-corrected chi connectivity index (χ4v) is 8.97. The highest BCUT2D eigenvalue weighted by atomic mass is 79.9. The summed E-state index contributed by atoms with van der Waals surface area (Å²) in [7, 11) is 0. The first-order valence-electron chi connectivity index (χ1n) is 12.2. The first-order chi connectivity index (χ1) is 14.7. The van der Waals surface area contributed by atoms with Crippen LogP contribution in [0.1, 0.15) is 71.6 Å². The number of alkyl halides is 1. The summed E-state index contributed by atoms with van der Waals surface area (Å²) in [5, 5.41) is 15.8. The molecule has 0 saturated heterocycles. The molecule has 1 heterocycles. The number of hydrogen-bond acceptors (Lipinski definition) is 4. The topological polar surface area (TPSA) is 75.6 Å². The Hall–Kier alpha value is -0.880. The van der Waals surface area contributed by atoms with Crippen LogP contribution in [0.5, 0.6) is 0 Å². The molecular weight excluding hydrogens is 458 g/mol. The van der Waals surface area contributed by atoms with Gasteiger partial charge in [-0.25, -0.2) is 4.79 Å². The second kappa shape index (κ2) is 7.58. The van der Waals surface area contributed by atoms with E-state index in [0.29, 0.717) is 35.7 Å². The molecule has 0 bridgehead atoms. The zero-order valence-electron chi connectivity index (χ0n) is 18.8. The third-order valence-corrected chi connectivity index (χ3v) is 11.0. The van der Waals surface area contributed by atoms with Gasteiger partial charge in [-0.15, -0.1) is 0 Å². The van der Waals surface area contributed by atoms with Gasteiger partial charge >= 0.3 is 5.97 Å². The molecule has 0 radical (unpaired) electrons. The van der Waals surface area contributed by atoms with Gasteiger partial charge in [0.15, 0.2) is 0 Å². The molecule has 2 N–H and O–H groups in total. The quantitative estimate of drug-likeness (QED) is 0.457. The molecule has 6 heteroatoms. The fraction of sp³-hybridized carbons (Fsp3) is 0.840. The summed E-state index contributed by atoms with van der Waals surface area (Å²) in [6.07, 6.45) is 11.1.